The first kappa shape index (κ1) is 21.1. The number of nitrogens with zero attached hydrogens (tertiary/aromatic N) is 2. The minimum atomic E-state index is 0.0122. The van der Waals surface area contributed by atoms with Crippen molar-refractivity contribution < 1.29 is 9.59 Å². The Balaban J connectivity index is 1.40. The number of unbranched alkanes of at least 4 members (excludes halogenated alkanes) is 1. The standard InChI is InChI=1S/C27H30N2O2/c1-2-3-12-24-20-23-11-7-8-13-25(23)29(24)27(31)15-14-26(30)28-18-16-22(17-19-28)21-9-5-4-6-10-21/h4-11,13,16,20H,2-3,12,14-15,17-19H2,1H3. The topological polar surface area (TPSA) is 42.3 Å². The quantitative estimate of drug-likeness (QED) is 0.496. The zero-order valence-electron chi connectivity index (χ0n) is 18.2. The number of amides is 1. The fraction of sp³-hybridized carbons (Fsp3) is 0.333. The van der Waals surface area contributed by atoms with Crippen LogP contribution >= 0.6 is 0 Å². The number of carbonyl (C=O) groups is 2. The third kappa shape index (κ3) is 4.79. The largest absolute Gasteiger partial charge is 0.339 e. The molecule has 0 unspecified atom stereocenters. The Labute approximate surface area is 184 Å². The molecule has 4 nitrogen and oxygen atoms in total. The van der Waals surface area contributed by atoms with Crippen molar-refractivity contribution in [3.05, 3.63) is 78.0 Å². The number of hydrogen-bond donors (Lipinski definition) is 0. The minimum Gasteiger partial charge on any atom is -0.339 e. The predicted octanol–water partition coefficient (Wildman–Crippen LogP) is 5.72. The highest BCUT2D eigenvalue weighted by atomic mass is 16.2. The van der Waals surface area contributed by atoms with E-state index in [-0.39, 0.29) is 24.7 Å². The van der Waals surface area contributed by atoms with Gasteiger partial charge in [0, 0.05) is 37.0 Å². The van der Waals surface area contributed by atoms with Gasteiger partial charge in [0.25, 0.3) is 0 Å². The van der Waals surface area contributed by atoms with E-state index < -0.39 is 0 Å². The number of carbonyl (C=O) groups excluding carboxylic acids is 2. The van der Waals surface area contributed by atoms with E-state index in [0.717, 1.165) is 42.3 Å². The molecule has 1 amide bonds. The molecule has 4 rings (SSSR count). The fourth-order valence-electron chi connectivity index (χ4n) is 4.34. The molecule has 0 bridgehead atoms. The molecule has 0 saturated carbocycles. The Morgan fingerprint density at radius 3 is 2.42 bits per heavy atom. The molecule has 0 saturated heterocycles. The van der Waals surface area contributed by atoms with E-state index in [2.05, 4.69) is 31.2 Å². The Hall–Kier alpha value is -3.14. The Morgan fingerprint density at radius 2 is 1.68 bits per heavy atom. The van der Waals surface area contributed by atoms with E-state index in [1.165, 1.54) is 11.1 Å². The maximum atomic E-state index is 13.1. The van der Waals surface area contributed by atoms with E-state index in [1.807, 2.05) is 51.9 Å². The average Bonchev–Trinajstić information content (AvgIpc) is 3.20. The van der Waals surface area contributed by atoms with Crippen LogP contribution in [-0.4, -0.2) is 34.4 Å². The molecular weight excluding hydrogens is 384 g/mol. The van der Waals surface area contributed by atoms with Crippen LogP contribution in [0.15, 0.2) is 66.7 Å². The van der Waals surface area contributed by atoms with Crippen molar-refractivity contribution in [2.24, 2.45) is 0 Å². The van der Waals surface area contributed by atoms with E-state index in [4.69, 9.17) is 0 Å². The smallest absolute Gasteiger partial charge is 0.231 e. The summed E-state index contributed by atoms with van der Waals surface area (Å²) < 4.78 is 1.84. The minimum absolute atomic E-state index is 0.0122. The lowest BCUT2D eigenvalue weighted by Gasteiger charge is -2.26. The lowest BCUT2D eigenvalue weighted by atomic mass is 9.99. The van der Waals surface area contributed by atoms with Crippen LogP contribution in [0, 0.1) is 0 Å². The van der Waals surface area contributed by atoms with Gasteiger partial charge in [-0.15, -0.1) is 0 Å². The molecule has 0 fully saturated rings. The number of aromatic nitrogens is 1. The lowest BCUT2D eigenvalue weighted by Crippen LogP contribution is -2.35. The molecule has 0 N–H and O–H groups in total. The molecule has 2 aromatic carbocycles. The molecule has 0 aliphatic carbocycles. The van der Waals surface area contributed by atoms with Crippen molar-refractivity contribution in [2.75, 3.05) is 13.1 Å². The molecule has 0 atom stereocenters. The summed E-state index contributed by atoms with van der Waals surface area (Å²) in [5.41, 5.74) is 4.51. The second-order valence-electron chi connectivity index (χ2n) is 8.21. The van der Waals surface area contributed by atoms with Gasteiger partial charge < -0.3 is 4.90 Å². The van der Waals surface area contributed by atoms with Crippen LogP contribution in [0.2, 0.25) is 0 Å². The van der Waals surface area contributed by atoms with Gasteiger partial charge in [0.05, 0.1) is 5.52 Å². The SMILES string of the molecule is CCCCc1cc2ccccc2n1C(=O)CCC(=O)N1CC=C(c2ccccc2)CC1. The Morgan fingerprint density at radius 1 is 0.935 bits per heavy atom. The molecule has 1 aliphatic heterocycles. The third-order valence-electron chi connectivity index (χ3n) is 6.08. The van der Waals surface area contributed by atoms with E-state index in [9.17, 15) is 9.59 Å². The van der Waals surface area contributed by atoms with Gasteiger partial charge in [0.2, 0.25) is 11.8 Å². The highest BCUT2D eigenvalue weighted by Gasteiger charge is 2.20. The number of aryl methyl sites for hydroxylation is 1. The third-order valence-corrected chi connectivity index (χ3v) is 6.08. The molecule has 3 aromatic rings. The summed E-state index contributed by atoms with van der Waals surface area (Å²) in [7, 11) is 0. The van der Waals surface area contributed by atoms with Gasteiger partial charge in [-0.05, 0) is 42.5 Å². The van der Waals surface area contributed by atoms with Gasteiger partial charge in [-0.1, -0.05) is 68.0 Å². The van der Waals surface area contributed by atoms with Crippen molar-refractivity contribution in [1.29, 1.82) is 0 Å². The summed E-state index contributed by atoms with van der Waals surface area (Å²) in [6.07, 6.45) is 6.50. The van der Waals surface area contributed by atoms with Crippen molar-refractivity contribution in [1.82, 2.24) is 9.47 Å². The Bertz CT molecular complexity index is 1090. The number of rotatable bonds is 7. The molecular formula is C27H30N2O2. The summed E-state index contributed by atoms with van der Waals surface area (Å²) in [5, 5.41) is 1.09. The number of hydrogen-bond acceptors (Lipinski definition) is 2. The predicted molar refractivity (Wildman–Crippen MR) is 126 cm³/mol. The highest BCUT2D eigenvalue weighted by Crippen LogP contribution is 2.24. The van der Waals surface area contributed by atoms with Crippen LogP contribution in [0.3, 0.4) is 0 Å². The van der Waals surface area contributed by atoms with Crippen LogP contribution in [0.4, 0.5) is 0 Å². The van der Waals surface area contributed by atoms with E-state index in [1.54, 1.807) is 0 Å². The van der Waals surface area contributed by atoms with Gasteiger partial charge >= 0.3 is 0 Å². The van der Waals surface area contributed by atoms with Gasteiger partial charge in [0.15, 0.2) is 0 Å². The fourth-order valence-corrected chi connectivity index (χ4v) is 4.34. The van der Waals surface area contributed by atoms with Crippen molar-refractivity contribution in [3.63, 3.8) is 0 Å². The number of fused-ring (bicyclic) bond motifs is 1. The maximum absolute atomic E-state index is 13.1. The van der Waals surface area contributed by atoms with Crippen LogP contribution < -0.4 is 0 Å². The van der Waals surface area contributed by atoms with Crippen molar-refractivity contribution >= 4 is 28.3 Å². The molecule has 1 aromatic heterocycles. The highest BCUT2D eigenvalue weighted by molar-refractivity contribution is 5.95. The van der Waals surface area contributed by atoms with Crippen LogP contribution in [-0.2, 0) is 11.2 Å². The first-order valence-corrected chi connectivity index (χ1v) is 11.3. The van der Waals surface area contributed by atoms with Crippen LogP contribution in [0.25, 0.3) is 16.5 Å². The second kappa shape index (κ2) is 9.78. The van der Waals surface area contributed by atoms with Crippen molar-refractivity contribution in [3.8, 4) is 0 Å². The second-order valence-corrected chi connectivity index (χ2v) is 8.21. The first-order valence-electron chi connectivity index (χ1n) is 11.3. The zero-order valence-corrected chi connectivity index (χ0v) is 18.2. The number of para-hydroxylation sites is 1. The summed E-state index contributed by atoms with van der Waals surface area (Å²) in [6.45, 7) is 3.48. The number of benzene rings is 2. The summed E-state index contributed by atoms with van der Waals surface area (Å²) in [5.74, 6) is 0.0708. The monoisotopic (exact) mass is 414 g/mol. The van der Waals surface area contributed by atoms with Gasteiger partial charge in [-0.3, -0.25) is 14.2 Å². The van der Waals surface area contributed by atoms with Gasteiger partial charge in [-0.2, -0.15) is 0 Å². The van der Waals surface area contributed by atoms with Crippen LogP contribution in [0.5, 0.6) is 0 Å². The average molecular weight is 415 g/mol. The van der Waals surface area contributed by atoms with Crippen molar-refractivity contribution in [2.45, 2.75) is 45.4 Å². The molecule has 31 heavy (non-hydrogen) atoms. The summed E-state index contributed by atoms with van der Waals surface area (Å²) in [4.78, 5) is 27.7. The zero-order chi connectivity index (χ0) is 21.6. The first-order chi connectivity index (χ1) is 15.2. The maximum Gasteiger partial charge on any atom is 0.231 e. The van der Waals surface area contributed by atoms with Gasteiger partial charge in [0.1, 0.15) is 0 Å². The summed E-state index contributed by atoms with van der Waals surface area (Å²) >= 11 is 0. The van der Waals surface area contributed by atoms with E-state index >= 15 is 0 Å². The van der Waals surface area contributed by atoms with Crippen LogP contribution in [0.1, 0.15) is 55.1 Å². The normalized spacial score (nSPS) is 14.0. The summed E-state index contributed by atoms with van der Waals surface area (Å²) in [6, 6.07) is 20.4. The lowest BCUT2D eigenvalue weighted by molar-refractivity contribution is -0.130. The van der Waals surface area contributed by atoms with Gasteiger partial charge in [-0.25, -0.2) is 0 Å². The molecule has 0 radical (unpaired) electrons. The van der Waals surface area contributed by atoms with E-state index in [0.29, 0.717) is 13.1 Å². The molecule has 160 valence electrons. The molecule has 1 aliphatic rings. The molecule has 2 heterocycles. The Kier molecular flexibility index (Phi) is 6.66. The molecule has 4 heteroatoms. The molecule has 0 spiro atoms.